The maximum absolute atomic E-state index is 14.6. The molecule has 0 unspecified atom stereocenters. The second-order valence-electron chi connectivity index (χ2n) is 12.4. The molecule has 10 heteroatoms. The third kappa shape index (κ3) is 9.12. The summed E-state index contributed by atoms with van der Waals surface area (Å²) in [5, 5.41) is 3.82. The normalized spacial score (nSPS) is 12.3. The van der Waals surface area contributed by atoms with Gasteiger partial charge in [-0.25, -0.2) is 8.42 Å². The number of hydrogen-bond donors (Lipinski definition) is 1. The highest BCUT2D eigenvalue weighted by Crippen LogP contribution is 2.30. The maximum atomic E-state index is 14.6. The number of benzene rings is 4. The minimum Gasteiger partial charge on any atom is -0.350 e. The molecule has 4 rings (SSSR count). The molecule has 0 heterocycles. The van der Waals surface area contributed by atoms with E-state index in [0.717, 1.165) is 15.4 Å². The first-order valence-corrected chi connectivity index (χ1v) is 17.1. The highest BCUT2D eigenvalue weighted by atomic mass is 35.5. The number of aryl methyl sites for hydroxylation is 2. The van der Waals surface area contributed by atoms with E-state index in [2.05, 4.69) is 5.32 Å². The topological polar surface area (TPSA) is 86.8 Å². The lowest BCUT2D eigenvalue weighted by molar-refractivity contribution is -0.140. The van der Waals surface area contributed by atoms with E-state index >= 15 is 0 Å². The van der Waals surface area contributed by atoms with E-state index in [9.17, 15) is 18.0 Å². The molecule has 0 fully saturated rings. The van der Waals surface area contributed by atoms with Gasteiger partial charge in [-0.15, -0.1) is 0 Å². The largest absolute Gasteiger partial charge is 0.350 e. The van der Waals surface area contributed by atoms with E-state index in [-0.39, 0.29) is 29.5 Å². The van der Waals surface area contributed by atoms with Crippen molar-refractivity contribution in [2.45, 2.75) is 64.1 Å². The number of nitrogens with zero attached hydrogens (tertiary/aromatic N) is 2. The summed E-state index contributed by atoms with van der Waals surface area (Å²) in [5.74, 6) is -0.932. The van der Waals surface area contributed by atoms with Crippen LogP contribution in [0.25, 0.3) is 0 Å². The van der Waals surface area contributed by atoms with Crippen molar-refractivity contribution >= 4 is 50.7 Å². The molecule has 1 atom stereocenters. The van der Waals surface area contributed by atoms with E-state index < -0.39 is 34.1 Å². The molecule has 0 aliphatic heterocycles. The molecule has 0 bridgehead atoms. The summed E-state index contributed by atoms with van der Waals surface area (Å²) in [7, 11) is -4.25. The summed E-state index contributed by atoms with van der Waals surface area (Å²) in [6.45, 7) is 8.66. The first kappa shape index (κ1) is 35.0. The zero-order valence-corrected chi connectivity index (χ0v) is 29.0. The van der Waals surface area contributed by atoms with Gasteiger partial charge in [-0.2, -0.15) is 0 Å². The fourth-order valence-corrected chi connectivity index (χ4v) is 6.89. The summed E-state index contributed by atoms with van der Waals surface area (Å²) < 4.78 is 29.6. The van der Waals surface area contributed by atoms with Crippen molar-refractivity contribution in [3.05, 3.63) is 129 Å². The Morgan fingerprint density at radius 3 is 2.07 bits per heavy atom. The van der Waals surface area contributed by atoms with Crippen molar-refractivity contribution in [3.8, 4) is 0 Å². The third-order valence-corrected chi connectivity index (χ3v) is 9.58. The van der Waals surface area contributed by atoms with Gasteiger partial charge in [-0.1, -0.05) is 89.4 Å². The summed E-state index contributed by atoms with van der Waals surface area (Å²) >= 11 is 12.7. The molecule has 0 spiro atoms. The first-order chi connectivity index (χ1) is 21.6. The summed E-state index contributed by atoms with van der Waals surface area (Å²) in [4.78, 5) is 30.1. The smallest absolute Gasteiger partial charge is 0.264 e. The van der Waals surface area contributed by atoms with Crippen LogP contribution in [0.4, 0.5) is 5.69 Å². The third-order valence-electron chi connectivity index (χ3n) is 7.34. The molecule has 0 aliphatic rings. The second-order valence-corrected chi connectivity index (χ2v) is 15.1. The Morgan fingerprint density at radius 2 is 1.43 bits per heavy atom. The number of amides is 2. The van der Waals surface area contributed by atoms with E-state index in [1.807, 2.05) is 64.1 Å². The van der Waals surface area contributed by atoms with Crippen LogP contribution in [0.5, 0.6) is 0 Å². The van der Waals surface area contributed by atoms with Gasteiger partial charge in [-0.05, 0) is 87.7 Å². The van der Waals surface area contributed by atoms with E-state index in [1.165, 1.54) is 23.1 Å². The van der Waals surface area contributed by atoms with Crippen LogP contribution in [-0.4, -0.2) is 43.3 Å². The van der Waals surface area contributed by atoms with Crippen LogP contribution in [0.15, 0.2) is 102 Å². The van der Waals surface area contributed by atoms with Crippen LogP contribution < -0.4 is 9.62 Å². The lowest BCUT2D eigenvalue weighted by Crippen LogP contribution is -2.56. The number of carbonyl (C=O) groups excluding carboxylic acids is 2. The van der Waals surface area contributed by atoms with Crippen molar-refractivity contribution in [1.29, 1.82) is 0 Å². The zero-order chi connectivity index (χ0) is 33.6. The summed E-state index contributed by atoms with van der Waals surface area (Å²) in [6, 6.07) is 26.8. The van der Waals surface area contributed by atoms with Crippen molar-refractivity contribution in [2.75, 3.05) is 10.8 Å². The Bertz CT molecular complexity index is 1790. The van der Waals surface area contributed by atoms with Crippen molar-refractivity contribution in [2.24, 2.45) is 0 Å². The molecule has 7 nitrogen and oxygen atoms in total. The lowest BCUT2D eigenvalue weighted by Gasteiger charge is -2.35. The number of sulfonamides is 1. The molecular formula is C36H39Cl2N3O4S. The predicted molar refractivity (Wildman–Crippen MR) is 186 cm³/mol. The molecule has 46 heavy (non-hydrogen) atoms. The average Bonchev–Trinajstić information content (AvgIpc) is 2.98. The van der Waals surface area contributed by atoms with Gasteiger partial charge in [0.15, 0.2) is 0 Å². The van der Waals surface area contributed by atoms with Crippen LogP contribution in [0, 0.1) is 13.8 Å². The Labute approximate surface area is 282 Å². The molecule has 1 N–H and O–H groups in total. The molecular weight excluding hydrogens is 641 g/mol. The second kappa shape index (κ2) is 14.7. The minimum atomic E-state index is -4.25. The number of carbonyl (C=O) groups is 2. The Kier molecular flexibility index (Phi) is 11.2. The molecule has 0 saturated carbocycles. The first-order valence-electron chi connectivity index (χ1n) is 14.9. The highest BCUT2D eigenvalue weighted by Gasteiger charge is 2.36. The average molecular weight is 681 g/mol. The standard InChI is InChI=1S/C36H39Cl2N3O4S/c1-25-14-18-31(19-15-25)46(44,45)41(32-22-30(38)17-16-26(32)2)24-34(42)40(23-28-12-9-13-29(37)20-28)33(35(43)39-36(3,4)5)21-27-10-7-6-8-11-27/h6-20,22,33H,21,23-24H2,1-5H3,(H,39,43)/t33-/m0/s1. The molecule has 0 aromatic heterocycles. The molecule has 2 amide bonds. The quantitative estimate of drug-likeness (QED) is 0.179. The highest BCUT2D eigenvalue weighted by molar-refractivity contribution is 7.92. The van der Waals surface area contributed by atoms with Gasteiger partial charge in [0.05, 0.1) is 10.6 Å². The van der Waals surface area contributed by atoms with Crippen LogP contribution in [-0.2, 0) is 32.6 Å². The van der Waals surface area contributed by atoms with Crippen LogP contribution >= 0.6 is 23.2 Å². The van der Waals surface area contributed by atoms with Crippen molar-refractivity contribution in [1.82, 2.24) is 10.2 Å². The number of rotatable bonds is 11. The van der Waals surface area contributed by atoms with Crippen molar-refractivity contribution in [3.63, 3.8) is 0 Å². The van der Waals surface area contributed by atoms with Gasteiger partial charge < -0.3 is 10.2 Å². The molecule has 242 valence electrons. The monoisotopic (exact) mass is 679 g/mol. The van der Waals surface area contributed by atoms with Crippen LogP contribution in [0.1, 0.15) is 43.0 Å². The molecule has 0 aliphatic carbocycles. The van der Waals surface area contributed by atoms with Gasteiger partial charge in [0.2, 0.25) is 11.8 Å². The lowest BCUT2D eigenvalue weighted by atomic mass is 10.0. The number of halogens is 2. The van der Waals surface area contributed by atoms with Crippen LogP contribution in [0.3, 0.4) is 0 Å². The molecule has 4 aromatic carbocycles. The van der Waals surface area contributed by atoms with Gasteiger partial charge in [0.25, 0.3) is 10.0 Å². The number of hydrogen-bond acceptors (Lipinski definition) is 4. The van der Waals surface area contributed by atoms with Crippen molar-refractivity contribution < 1.29 is 18.0 Å². The van der Waals surface area contributed by atoms with Crippen LogP contribution in [0.2, 0.25) is 10.0 Å². The molecule has 4 aromatic rings. The summed E-state index contributed by atoms with van der Waals surface area (Å²) in [5.41, 5.74) is 2.71. The fraction of sp³-hybridized carbons (Fsp3) is 0.278. The van der Waals surface area contributed by atoms with Gasteiger partial charge in [-0.3, -0.25) is 13.9 Å². The van der Waals surface area contributed by atoms with E-state index in [4.69, 9.17) is 23.2 Å². The van der Waals surface area contributed by atoms with Gasteiger partial charge >= 0.3 is 0 Å². The summed E-state index contributed by atoms with van der Waals surface area (Å²) in [6.07, 6.45) is 0.204. The van der Waals surface area contributed by atoms with E-state index in [1.54, 1.807) is 49.4 Å². The fourth-order valence-electron chi connectivity index (χ4n) is 5.04. The molecule has 0 saturated heterocycles. The van der Waals surface area contributed by atoms with Gasteiger partial charge in [0, 0.05) is 28.5 Å². The maximum Gasteiger partial charge on any atom is 0.264 e. The number of anilines is 1. The zero-order valence-electron chi connectivity index (χ0n) is 26.6. The predicted octanol–water partition coefficient (Wildman–Crippen LogP) is 7.36. The SMILES string of the molecule is Cc1ccc(S(=O)(=O)N(CC(=O)N(Cc2cccc(Cl)c2)[C@@H](Cc2ccccc2)C(=O)NC(C)(C)C)c2cc(Cl)ccc2C)cc1. The minimum absolute atomic E-state index is 0.0153. The molecule has 0 radical (unpaired) electrons. The Morgan fingerprint density at radius 1 is 0.804 bits per heavy atom. The number of nitrogens with one attached hydrogen (secondary N) is 1. The van der Waals surface area contributed by atoms with Gasteiger partial charge in [0.1, 0.15) is 12.6 Å². The van der Waals surface area contributed by atoms with E-state index in [0.29, 0.717) is 21.2 Å². The Balaban J connectivity index is 1.85. The Hall–Kier alpha value is -3.85.